The number of thiophene rings is 1. The van der Waals surface area contributed by atoms with Crippen LogP contribution in [0, 0.1) is 11.3 Å². The maximum Gasteiger partial charge on any atom is 0.149 e. The molecule has 0 saturated heterocycles. The first-order chi connectivity index (χ1) is 9.13. The lowest BCUT2D eigenvalue weighted by molar-refractivity contribution is 0.415. The average molecular weight is 358 g/mol. The summed E-state index contributed by atoms with van der Waals surface area (Å²) in [4.78, 5) is 0.871. The van der Waals surface area contributed by atoms with Crippen molar-refractivity contribution in [2.75, 3.05) is 12.4 Å². The topological polar surface area (TPSA) is 45.0 Å². The van der Waals surface area contributed by atoms with Crippen molar-refractivity contribution in [3.8, 4) is 11.8 Å². The Morgan fingerprint density at radius 1 is 1.42 bits per heavy atom. The number of hydrogen-bond acceptors (Lipinski definition) is 4. The Hall–Kier alpha value is -1.22. The Labute approximate surface area is 128 Å². The highest BCUT2D eigenvalue weighted by Gasteiger charge is 2.15. The fourth-order valence-corrected chi connectivity index (χ4v) is 3.26. The Bertz CT molecular complexity index is 587. The van der Waals surface area contributed by atoms with E-state index >= 15 is 0 Å². The number of rotatable bonds is 4. The highest BCUT2D eigenvalue weighted by molar-refractivity contribution is 9.10. The van der Waals surface area contributed by atoms with E-state index in [9.17, 15) is 5.26 Å². The first-order valence-corrected chi connectivity index (χ1v) is 7.37. The molecule has 19 heavy (non-hydrogen) atoms. The van der Waals surface area contributed by atoms with Crippen molar-refractivity contribution in [3.63, 3.8) is 0 Å². The lowest BCUT2D eigenvalue weighted by atomic mass is 10.2. The van der Waals surface area contributed by atoms with Crippen LogP contribution in [0.4, 0.5) is 5.69 Å². The number of benzene rings is 1. The first-order valence-electron chi connectivity index (χ1n) is 5.39. The molecular formula is C13H10BrClN2OS. The van der Waals surface area contributed by atoms with Crippen LogP contribution in [-0.2, 0) is 0 Å². The predicted molar refractivity (Wildman–Crippen MR) is 82.0 cm³/mol. The first kappa shape index (κ1) is 14.2. The van der Waals surface area contributed by atoms with Crippen LogP contribution in [0.2, 0.25) is 4.34 Å². The van der Waals surface area contributed by atoms with Crippen molar-refractivity contribution in [2.24, 2.45) is 0 Å². The highest BCUT2D eigenvalue weighted by atomic mass is 79.9. The van der Waals surface area contributed by atoms with Crippen molar-refractivity contribution in [1.29, 1.82) is 5.26 Å². The van der Waals surface area contributed by atoms with Gasteiger partial charge in [0.25, 0.3) is 0 Å². The van der Waals surface area contributed by atoms with E-state index in [-0.39, 0.29) is 0 Å². The molecule has 3 nitrogen and oxygen atoms in total. The third kappa shape index (κ3) is 3.41. The van der Waals surface area contributed by atoms with Crippen LogP contribution in [-0.4, -0.2) is 7.11 Å². The number of methoxy groups -OCH3 is 1. The van der Waals surface area contributed by atoms with Crippen LogP contribution in [0.15, 0.2) is 34.8 Å². The summed E-state index contributed by atoms with van der Waals surface area (Å²) >= 11 is 10.7. The van der Waals surface area contributed by atoms with E-state index in [0.29, 0.717) is 4.34 Å². The normalized spacial score (nSPS) is 11.7. The minimum atomic E-state index is -0.429. The zero-order valence-corrected chi connectivity index (χ0v) is 13.1. The lowest BCUT2D eigenvalue weighted by Crippen LogP contribution is -2.06. The molecule has 1 atom stereocenters. The summed E-state index contributed by atoms with van der Waals surface area (Å²) in [6.45, 7) is 0. The van der Waals surface area contributed by atoms with E-state index in [1.54, 1.807) is 7.11 Å². The number of ether oxygens (including phenoxy) is 1. The molecule has 0 saturated carbocycles. The zero-order valence-electron chi connectivity index (χ0n) is 9.98. The van der Waals surface area contributed by atoms with Crippen molar-refractivity contribution >= 4 is 44.6 Å². The summed E-state index contributed by atoms with van der Waals surface area (Å²) in [5, 5.41) is 12.4. The third-order valence-corrected chi connectivity index (χ3v) is 5.02. The molecule has 98 valence electrons. The molecule has 1 heterocycles. The average Bonchev–Trinajstić information content (AvgIpc) is 2.76. The molecule has 0 fully saturated rings. The second kappa shape index (κ2) is 6.29. The molecule has 0 aliphatic carbocycles. The van der Waals surface area contributed by atoms with Crippen LogP contribution in [0.1, 0.15) is 10.9 Å². The van der Waals surface area contributed by atoms with Gasteiger partial charge in [-0.25, -0.2) is 0 Å². The fourth-order valence-electron chi connectivity index (χ4n) is 1.53. The van der Waals surface area contributed by atoms with Crippen molar-refractivity contribution in [1.82, 2.24) is 0 Å². The molecule has 0 amide bonds. The van der Waals surface area contributed by atoms with E-state index in [1.165, 1.54) is 11.3 Å². The van der Waals surface area contributed by atoms with Crippen molar-refractivity contribution in [3.05, 3.63) is 44.0 Å². The molecule has 1 aromatic heterocycles. The Morgan fingerprint density at radius 2 is 2.11 bits per heavy atom. The number of anilines is 1. The molecule has 2 aromatic rings. The fraction of sp³-hybridized carbons (Fsp3) is 0.154. The van der Waals surface area contributed by atoms with E-state index in [2.05, 4.69) is 27.3 Å². The maximum atomic E-state index is 9.25. The van der Waals surface area contributed by atoms with Gasteiger partial charge < -0.3 is 10.1 Å². The highest BCUT2D eigenvalue weighted by Crippen LogP contribution is 2.36. The number of nitriles is 1. The van der Waals surface area contributed by atoms with Gasteiger partial charge in [0.1, 0.15) is 16.1 Å². The van der Waals surface area contributed by atoms with E-state index in [0.717, 1.165) is 20.8 Å². The van der Waals surface area contributed by atoms with E-state index in [1.807, 2.05) is 30.3 Å². The third-order valence-electron chi connectivity index (χ3n) is 2.48. The predicted octanol–water partition coefficient (Wildman–Crippen LogP) is 4.85. The molecule has 2 rings (SSSR count). The van der Waals surface area contributed by atoms with Gasteiger partial charge in [0.05, 0.1) is 13.2 Å². The molecule has 6 heteroatoms. The van der Waals surface area contributed by atoms with Gasteiger partial charge in [-0.15, -0.1) is 11.3 Å². The second-order valence-corrected chi connectivity index (χ2v) is 6.25. The van der Waals surface area contributed by atoms with Crippen molar-refractivity contribution in [2.45, 2.75) is 6.04 Å². The van der Waals surface area contributed by atoms with E-state index in [4.69, 9.17) is 16.3 Å². The molecular weight excluding hydrogens is 348 g/mol. The number of halogens is 2. The molecule has 1 aromatic carbocycles. The van der Waals surface area contributed by atoms with Gasteiger partial charge in [0.15, 0.2) is 0 Å². The summed E-state index contributed by atoms with van der Waals surface area (Å²) in [6, 6.07) is 11.1. The largest absolute Gasteiger partial charge is 0.497 e. The molecule has 0 spiro atoms. The second-order valence-electron chi connectivity index (χ2n) is 3.71. The molecule has 0 radical (unpaired) electrons. The van der Waals surface area contributed by atoms with Gasteiger partial charge in [-0.05, 0) is 46.3 Å². The molecule has 1 unspecified atom stereocenters. The molecule has 1 N–H and O–H groups in total. The van der Waals surface area contributed by atoms with Gasteiger partial charge in [0.2, 0.25) is 0 Å². The van der Waals surface area contributed by atoms with Crippen LogP contribution in [0.5, 0.6) is 5.75 Å². The zero-order chi connectivity index (χ0) is 13.8. The van der Waals surface area contributed by atoms with Crippen LogP contribution >= 0.6 is 38.9 Å². The van der Waals surface area contributed by atoms with Crippen LogP contribution < -0.4 is 10.1 Å². The number of nitrogens with one attached hydrogen (secondary N) is 1. The van der Waals surface area contributed by atoms with Gasteiger partial charge in [-0.2, -0.15) is 5.26 Å². The monoisotopic (exact) mass is 356 g/mol. The Balaban J connectivity index is 2.17. The summed E-state index contributed by atoms with van der Waals surface area (Å²) < 4.78 is 6.55. The standard InChI is InChI=1S/C13H10BrClN2OS/c1-18-9-4-2-8(3-5-9)17-11(7-16)12-6-10(14)13(15)19-12/h2-6,11,17H,1H3. The van der Waals surface area contributed by atoms with Crippen LogP contribution in [0.3, 0.4) is 0 Å². The quantitative estimate of drug-likeness (QED) is 0.850. The summed E-state index contributed by atoms with van der Waals surface area (Å²) in [6.07, 6.45) is 0. The SMILES string of the molecule is COc1ccc(NC(C#N)c2cc(Br)c(Cl)s2)cc1. The number of hydrogen-bond donors (Lipinski definition) is 1. The Morgan fingerprint density at radius 3 is 2.58 bits per heavy atom. The van der Waals surface area contributed by atoms with Crippen molar-refractivity contribution < 1.29 is 4.74 Å². The maximum absolute atomic E-state index is 9.25. The summed E-state index contributed by atoms with van der Waals surface area (Å²) in [7, 11) is 1.62. The lowest BCUT2D eigenvalue weighted by Gasteiger charge is -2.11. The Kier molecular flexibility index (Phi) is 4.70. The summed E-state index contributed by atoms with van der Waals surface area (Å²) in [5.41, 5.74) is 0.855. The minimum Gasteiger partial charge on any atom is -0.497 e. The van der Waals surface area contributed by atoms with Gasteiger partial charge in [0, 0.05) is 15.0 Å². The number of nitrogens with zero attached hydrogens (tertiary/aromatic N) is 1. The van der Waals surface area contributed by atoms with Gasteiger partial charge >= 0.3 is 0 Å². The molecule has 0 aliphatic rings. The summed E-state index contributed by atoms with van der Waals surface area (Å²) in [5.74, 6) is 0.779. The molecule has 0 bridgehead atoms. The minimum absolute atomic E-state index is 0.429. The molecule has 0 aliphatic heterocycles. The van der Waals surface area contributed by atoms with Gasteiger partial charge in [-0.3, -0.25) is 0 Å². The smallest absolute Gasteiger partial charge is 0.149 e. The van der Waals surface area contributed by atoms with Crippen LogP contribution in [0.25, 0.3) is 0 Å². The van der Waals surface area contributed by atoms with E-state index < -0.39 is 6.04 Å². The van der Waals surface area contributed by atoms with Gasteiger partial charge in [-0.1, -0.05) is 11.6 Å².